The first-order valence-corrected chi connectivity index (χ1v) is 8.22. The van der Waals surface area contributed by atoms with Crippen LogP contribution in [-0.2, 0) is 13.6 Å². The number of guanidine groups is 1. The highest BCUT2D eigenvalue weighted by atomic mass is 16.3. The Morgan fingerprint density at radius 3 is 2.68 bits per heavy atom. The van der Waals surface area contributed by atoms with Crippen LogP contribution in [-0.4, -0.2) is 56.0 Å². The van der Waals surface area contributed by atoms with Gasteiger partial charge in [-0.3, -0.25) is 0 Å². The van der Waals surface area contributed by atoms with Crippen molar-refractivity contribution in [2.45, 2.75) is 57.7 Å². The Bertz CT molecular complexity index is 534. The van der Waals surface area contributed by atoms with Crippen LogP contribution in [0.3, 0.4) is 0 Å². The lowest BCUT2D eigenvalue weighted by Crippen LogP contribution is -2.44. The lowest BCUT2D eigenvalue weighted by Gasteiger charge is -2.24. The van der Waals surface area contributed by atoms with Gasteiger partial charge in [0.15, 0.2) is 11.8 Å². The van der Waals surface area contributed by atoms with E-state index in [-0.39, 0.29) is 6.10 Å². The molecule has 7 nitrogen and oxygen atoms in total. The van der Waals surface area contributed by atoms with Crippen LogP contribution in [0.2, 0.25) is 0 Å². The molecule has 3 rings (SSSR count). The Morgan fingerprint density at radius 1 is 1.32 bits per heavy atom. The second-order valence-corrected chi connectivity index (χ2v) is 6.38. The van der Waals surface area contributed by atoms with Gasteiger partial charge in [0, 0.05) is 26.2 Å². The second kappa shape index (κ2) is 6.64. The van der Waals surface area contributed by atoms with E-state index in [1.165, 1.54) is 25.7 Å². The van der Waals surface area contributed by atoms with Crippen LogP contribution in [0.4, 0.5) is 0 Å². The van der Waals surface area contributed by atoms with Crippen molar-refractivity contribution in [3.8, 4) is 0 Å². The number of aliphatic hydroxyl groups is 1. The van der Waals surface area contributed by atoms with Gasteiger partial charge in [-0.05, 0) is 26.2 Å². The van der Waals surface area contributed by atoms with Crippen molar-refractivity contribution in [2.75, 3.05) is 13.1 Å². The zero-order valence-electron chi connectivity index (χ0n) is 13.5. The summed E-state index contributed by atoms with van der Waals surface area (Å²) in [6.07, 6.45) is 5.56. The van der Waals surface area contributed by atoms with Crippen molar-refractivity contribution in [2.24, 2.45) is 12.0 Å². The summed E-state index contributed by atoms with van der Waals surface area (Å²) >= 11 is 0. The van der Waals surface area contributed by atoms with Crippen molar-refractivity contribution >= 4 is 5.96 Å². The highest BCUT2D eigenvalue weighted by Crippen LogP contribution is 2.19. The first-order chi connectivity index (χ1) is 10.6. The molecule has 122 valence electrons. The summed E-state index contributed by atoms with van der Waals surface area (Å²) in [5.74, 6) is 2.67. The minimum atomic E-state index is -0.243. The molecule has 2 N–H and O–H groups in total. The van der Waals surface area contributed by atoms with E-state index in [1.54, 1.807) is 0 Å². The molecule has 2 heterocycles. The Balaban J connectivity index is 1.71. The molecule has 0 spiro atoms. The van der Waals surface area contributed by atoms with Gasteiger partial charge in [0.1, 0.15) is 12.4 Å². The molecule has 1 saturated heterocycles. The van der Waals surface area contributed by atoms with Gasteiger partial charge in [-0.25, -0.2) is 4.99 Å². The van der Waals surface area contributed by atoms with Crippen molar-refractivity contribution < 1.29 is 5.11 Å². The quantitative estimate of drug-likeness (QED) is 0.631. The van der Waals surface area contributed by atoms with Crippen LogP contribution < -0.4 is 5.32 Å². The number of aliphatic imine (C=N–C) groups is 1. The topological polar surface area (TPSA) is 78.6 Å². The normalized spacial score (nSPS) is 23.5. The first-order valence-electron chi connectivity index (χ1n) is 8.22. The first kappa shape index (κ1) is 15.3. The van der Waals surface area contributed by atoms with Gasteiger partial charge in [0.2, 0.25) is 0 Å². The van der Waals surface area contributed by atoms with E-state index >= 15 is 0 Å². The van der Waals surface area contributed by atoms with E-state index in [1.807, 2.05) is 18.5 Å². The summed E-state index contributed by atoms with van der Waals surface area (Å²) in [4.78, 5) is 6.90. The fraction of sp³-hybridized carbons (Fsp3) is 0.800. The summed E-state index contributed by atoms with van der Waals surface area (Å²) in [5.41, 5.74) is 0. The van der Waals surface area contributed by atoms with Crippen LogP contribution in [0, 0.1) is 6.92 Å². The van der Waals surface area contributed by atoms with Crippen molar-refractivity contribution in [3.63, 3.8) is 0 Å². The predicted octanol–water partition coefficient (Wildman–Crippen LogP) is 0.578. The molecule has 7 heteroatoms. The monoisotopic (exact) mass is 306 g/mol. The second-order valence-electron chi connectivity index (χ2n) is 6.38. The molecular formula is C15H26N6O. The van der Waals surface area contributed by atoms with Crippen molar-refractivity contribution in [3.05, 3.63) is 11.6 Å². The van der Waals surface area contributed by atoms with Gasteiger partial charge in [-0.2, -0.15) is 0 Å². The molecule has 0 radical (unpaired) electrons. The third-order valence-corrected chi connectivity index (χ3v) is 4.70. The van der Waals surface area contributed by atoms with Gasteiger partial charge in [0.05, 0.1) is 6.10 Å². The highest BCUT2D eigenvalue weighted by Gasteiger charge is 2.25. The summed E-state index contributed by atoms with van der Waals surface area (Å²) in [5, 5.41) is 21.6. The third-order valence-electron chi connectivity index (χ3n) is 4.70. The SMILES string of the molecule is Cc1nnc(CN=C(NC2CCCC2)N2CC[C@@H](O)C2)n1C. The fourth-order valence-corrected chi connectivity index (χ4v) is 3.16. The van der Waals surface area contributed by atoms with Gasteiger partial charge < -0.3 is 19.9 Å². The molecule has 1 aromatic heterocycles. The van der Waals surface area contributed by atoms with Crippen LogP contribution in [0.5, 0.6) is 0 Å². The van der Waals surface area contributed by atoms with Crippen LogP contribution in [0.15, 0.2) is 4.99 Å². The molecule has 0 unspecified atom stereocenters. The number of aliphatic hydroxyl groups excluding tert-OH is 1. The molecule has 1 aromatic rings. The summed E-state index contributed by atoms with van der Waals surface area (Å²) in [7, 11) is 1.96. The lowest BCUT2D eigenvalue weighted by atomic mass is 10.2. The largest absolute Gasteiger partial charge is 0.391 e. The Hall–Kier alpha value is -1.63. The minimum Gasteiger partial charge on any atom is -0.391 e. The number of nitrogens with zero attached hydrogens (tertiary/aromatic N) is 5. The van der Waals surface area contributed by atoms with Crippen molar-refractivity contribution in [1.29, 1.82) is 0 Å². The van der Waals surface area contributed by atoms with Gasteiger partial charge >= 0.3 is 0 Å². The van der Waals surface area contributed by atoms with Crippen LogP contribution in [0.1, 0.15) is 43.8 Å². The van der Waals surface area contributed by atoms with Gasteiger partial charge in [-0.15, -0.1) is 10.2 Å². The number of β-amino-alcohol motifs (C(OH)–C–C–N with tert-alkyl or cyclic N) is 1. The Labute approximate surface area is 131 Å². The molecule has 22 heavy (non-hydrogen) atoms. The average molecular weight is 306 g/mol. The molecular weight excluding hydrogens is 280 g/mol. The Kier molecular flexibility index (Phi) is 4.61. The van der Waals surface area contributed by atoms with E-state index in [0.29, 0.717) is 19.1 Å². The maximum atomic E-state index is 9.79. The summed E-state index contributed by atoms with van der Waals surface area (Å²) in [6.45, 7) is 3.97. The molecule has 1 atom stereocenters. The fourth-order valence-electron chi connectivity index (χ4n) is 3.16. The van der Waals surface area contributed by atoms with Crippen LogP contribution in [0.25, 0.3) is 0 Å². The van der Waals surface area contributed by atoms with E-state index in [4.69, 9.17) is 4.99 Å². The molecule has 1 saturated carbocycles. The zero-order chi connectivity index (χ0) is 15.5. The summed E-state index contributed by atoms with van der Waals surface area (Å²) in [6, 6.07) is 0.512. The lowest BCUT2D eigenvalue weighted by molar-refractivity contribution is 0.187. The zero-order valence-corrected chi connectivity index (χ0v) is 13.5. The van der Waals surface area contributed by atoms with E-state index < -0.39 is 0 Å². The Morgan fingerprint density at radius 2 is 2.09 bits per heavy atom. The average Bonchev–Trinajstić information content (AvgIpc) is 3.21. The number of likely N-dealkylation sites (tertiary alicyclic amines) is 1. The molecule has 2 fully saturated rings. The van der Waals surface area contributed by atoms with E-state index in [0.717, 1.165) is 30.6 Å². The molecule has 1 aliphatic heterocycles. The van der Waals surface area contributed by atoms with Gasteiger partial charge in [-0.1, -0.05) is 12.8 Å². The highest BCUT2D eigenvalue weighted by molar-refractivity contribution is 5.80. The van der Waals surface area contributed by atoms with Crippen LogP contribution >= 0.6 is 0 Å². The standard InChI is InChI=1S/C15H26N6O/c1-11-18-19-14(20(11)2)9-16-15(17-12-5-3-4-6-12)21-8-7-13(22)10-21/h12-13,22H,3-10H2,1-2H3,(H,16,17)/t13-/m1/s1. The molecule has 1 aliphatic carbocycles. The molecule has 0 amide bonds. The third kappa shape index (κ3) is 3.40. The number of hydrogen-bond donors (Lipinski definition) is 2. The number of nitrogens with one attached hydrogen (secondary N) is 1. The van der Waals surface area contributed by atoms with Crippen molar-refractivity contribution in [1.82, 2.24) is 25.0 Å². The maximum absolute atomic E-state index is 9.79. The number of aryl methyl sites for hydroxylation is 1. The number of rotatable bonds is 3. The van der Waals surface area contributed by atoms with E-state index in [2.05, 4.69) is 20.4 Å². The molecule has 2 aliphatic rings. The summed E-state index contributed by atoms with van der Waals surface area (Å²) < 4.78 is 1.97. The van der Waals surface area contributed by atoms with Gasteiger partial charge in [0.25, 0.3) is 0 Å². The number of hydrogen-bond acceptors (Lipinski definition) is 4. The minimum absolute atomic E-state index is 0.243. The smallest absolute Gasteiger partial charge is 0.194 e. The number of aromatic nitrogens is 3. The van der Waals surface area contributed by atoms with E-state index in [9.17, 15) is 5.11 Å². The predicted molar refractivity (Wildman–Crippen MR) is 84.5 cm³/mol. The maximum Gasteiger partial charge on any atom is 0.194 e. The molecule has 0 aromatic carbocycles. The molecule has 0 bridgehead atoms.